The number of para-hydroxylation sites is 2. The van der Waals surface area contributed by atoms with Crippen molar-refractivity contribution in [2.45, 2.75) is 64.7 Å². The molecule has 1 heterocycles. The van der Waals surface area contributed by atoms with Crippen LogP contribution >= 0.6 is 0 Å². The molecule has 0 aromatic heterocycles. The number of allylic oxidation sites excluding steroid dienone is 3. The Kier molecular flexibility index (Phi) is 8.73. The smallest absolute Gasteiger partial charge is 0.205 e. The summed E-state index contributed by atoms with van der Waals surface area (Å²) in [6.07, 6.45) is 8.98. The van der Waals surface area contributed by atoms with Crippen LogP contribution in [-0.4, -0.2) is 13.2 Å². The average Bonchev–Trinajstić information content (AvgIpc) is 2.90. The predicted molar refractivity (Wildman–Crippen MR) is 143 cm³/mol. The molecule has 2 N–H and O–H groups in total. The Morgan fingerprint density at radius 3 is 2.36 bits per heavy atom. The van der Waals surface area contributed by atoms with Crippen LogP contribution in [0, 0.1) is 11.3 Å². The highest BCUT2D eigenvalue weighted by Gasteiger charge is 2.37. The topological polar surface area (TPSA) is 77.5 Å². The highest BCUT2D eigenvalue weighted by Crippen LogP contribution is 2.48. The van der Waals surface area contributed by atoms with Gasteiger partial charge in [0.1, 0.15) is 28.9 Å². The van der Waals surface area contributed by atoms with Crippen molar-refractivity contribution in [1.82, 2.24) is 0 Å². The highest BCUT2D eigenvalue weighted by atomic mass is 16.5. The minimum atomic E-state index is -0.281. The Balaban J connectivity index is 1.76. The van der Waals surface area contributed by atoms with E-state index in [1.54, 1.807) is 0 Å². The van der Waals surface area contributed by atoms with Crippen LogP contribution < -0.4 is 15.2 Å². The molecule has 1 atom stereocenters. The number of unbranched alkanes of at least 4 members (excludes halogenated alkanes) is 2. The Labute approximate surface area is 214 Å². The van der Waals surface area contributed by atoms with E-state index < -0.39 is 0 Å². The van der Waals surface area contributed by atoms with Crippen LogP contribution in [0.4, 0.5) is 0 Å². The summed E-state index contributed by atoms with van der Waals surface area (Å²) in [6.45, 7) is 5.64. The first-order valence-corrected chi connectivity index (χ1v) is 13.1. The van der Waals surface area contributed by atoms with Gasteiger partial charge in [0.05, 0.1) is 19.1 Å². The first kappa shape index (κ1) is 25.4. The molecule has 188 valence electrons. The normalized spacial score (nSPS) is 18.5. The number of hydrogen-bond acceptors (Lipinski definition) is 5. The van der Waals surface area contributed by atoms with E-state index in [0.29, 0.717) is 18.8 Å². The lowest BCUT2D eigenvalue weighted by molar-refractivity contribution is 0.274. The fourth-order valence-electron chi connectivity index (χ4n) is 4.81. The number of nitrogens with two attached hydrogens (primary N) is 1. The Hall–Kier alpha value is -3.65. The molecule has 2 aliphatic rings. The molecule has 0 fully saturated rings. The molecule has 0 bridgehead atoms. The molecule has 0 saturated carbocycles. The van der Waals surface area contributed by atoms with Gasteiger partial charge in [-0.3, -0.25) is 0 Å². The lowest BCUT2D eigenvalue weighted by atomic mass is 9.76. The molecule has 0 amide bonds. The zero-order chi connectivity index (χ0) is 25.3. The summed E-state index contributed by atoms with van der Waals surface area (Å²) in [5.74, 6) is 2.35. The highest BCUT2D eigenvalue weighted by molar-refractivity contribution is 5.66. The largest absolute Gasteiger partial charge is 0.493 e. The maximum absolute atomic E-state index is 10.1. The second kappa shape index (κ2) is 12.4. The lowest BCUT2D eigenvalue weighted by Gasteiger charge is -2.34. The Morgan fingerprint density at radius 2 is 1.64 bits per heavy atom. The van der Waals surface area contributed by atoms with Crippen molar-refractivity contribution in [2.24, 2.45) is 5.73 Å². The van der Waals surface area contributed by atoms with Crippen molar-refractivity contribution in [3.05, 3.63) is 88.0 Å². The molecule has 2 aromatic carbocycles. The molecule has 4 rings (SSSR count). The van der Waals surface area contributed by atoms with Gasteiger partial charge < -0.3 is 19.9 Å². The zero-order valence-electron chi connectivity index (χ0n) is 21.4. The first-order chi connectivity index (χ1) is 17.7. The van der Waals surface area contributed by atoms with Gasteiger partial charge in [-0.25, -0.2) is 0 Å². The summed E-state index contributed by atoms with van der Waals surface area (Å²) in [6, 6.07) is 18.4. The SMILES string of the molecule is CCCCOc1ccccc1/C=C1\CCCC2=C1OC(N)=C(C#N)C2c1ccccc1OCCCC. The predicted octanol–water partition coefficient (Wildman–Crippen LogP) is 7.37. The van der Waals surface area contributed by atoms with Crippen LogP contribution in [0.3, 0.4) is 0 Å². The standard InChI is InChI=1S/C31H36N2O3/c1-3-5-18-34-27-16-9-7-12-22(27)20-23-13-11-15-25-29(26(21-32)31(33)36-30(23)25)24-14-8-10-17-28(24)35-19-6-4-2/h7-10,12,14,16-17,20,29H,3-6,11,13,15,18-19,33H2,1-2H3/b23-20+. The molecule has 5 nitrogen and oxygen atoms in total. The average molecular weight is 485 g/mol. The van der Waals surface area contributed by atoms with Crippen LogP contribution in [0.2, 0.25) is 0 Å². The quantitative estimate of drug-likeness (QED) is 0.356. The van der Waals surface area contributed by atoms with E-state index in [4.69, 9.17) is 19.9 Å². The fraction of sp³-hybridized carbons (Fsp3) is 0.387. The van der Waals surface area contributed by atoms with Crippen molar-refractivity contribution in [3.8, 4) is 17.6 Å². The van der Waals surface area contributed by atoms with Crippen molar-refractivity contribution in [3.63, 3.8) is 0 Å². The number of ether oxygens (including phenoxy) is 3. The van der Waals surface area contributed by atoms with E-state index in [1.165, 1.54) is 0 Å². The third-order valence-corrected chi connectivity index (χ3v) is 6.70. The van der Waals surface area contributed by atoms with E-state index in [1.807, 2.05) is 42.5 Å². The van der Waals surface area contributed by atoms with Gasteiger partial charge in [0.25, 0.3) is 0 Å². The summed E-state index contributed by atoms with van der Waals surface area (Å²) in [5.41, 5.74) is 11.0. The third-order valence-electron chi connectivity index (χ3n) is 6.70. The van der Waals surface area contributed by atoms with E-state index in [2.05, 4.69) is 32.1 Å². The monoisotopic (exact) mass is 484 g/mol. The minimum Gasteiger partial charge on any atom is -0.493 e. The van der Waals surface area contributed by atoms with Gasteiger partial charge in [-0.1, -0.05) is 63.1 Å². The summed E-state index contributed by atoms with van der Waals surface area (Å²) in [5, 5.41) is 10.1. The summed E-state index contributed by atoms with van der Waals surface area (Å²) >= 11 is 0. The summed E-state index contributed by atoms with van der Waals surface area (Å²) in [7, 11) is 0. The molecule has 0 radical (unpaired) electrons. The second-order valence-corrected chi connectivity index (χ2v) is 9.28. The lowest BCUT2D eigenvalue weighted by Crippen LogP contribution is -2.24. The molecule has 1 unspecified atom stereocenters. The number of nitrogens with zero attached hydrogens (tertiary/aromatic N) is 1. The van der Waals surface area contributed by atoms with Crippen LogP contribution in [0.15, 0.2) is 76.9 Å². The maximum Gasteiger partial charge on any atom is 0.205 e. The molecule has 36 heavy (non-hydrogen) atoms. The molecule has 0 saturated heterocycles. The molecule has 1 aliphatic heterocycles. The van der Waals surface area contributed by atoms with Gasteiger partial charge >= 0.3 is 0 Å². The number of hydrogen-bond donors (Lipinski definition) is 1. The Morgan fingerprint density at radius 1 is 0.972 bits per heavy atom. The molecule has 2 aromatic rings. The van der Waals surface area contributed by atoms with Crippen LogP contribution in [0.1, 0.15) is 75.8 Å². The first-order valence-electron chi connectivity index (χ1n) is 13.1. The van der Waals surface area contributed by atoms with Gasteiger partial charge in [-0.05, 0) is 61.5 Å². The molecular weight excluding hydrogens is 448 g/mol. The van der Waals surface area contributed by atoms with Crippen LogP contribution in [0.25, 0.3) is 6.08 Å². The van der Waals surface area contributed by atoms with Crippen molar-refractivity contribution in [2.75, 3.05) is 13.2 Å². The van der Waals surface area contributed by atoms with Gasteiger partial charge in [-0.15, -0.1) is 0 Å². The second-order valence-electron chi connectivity index (χ2n) is 9.28. The third kappa shape index (κ3) is 5.60. The Bertz CT molecular complexity index is 1200. The molecule has 5 heteroatoms. The zero-order valence-corrected chi connectivity index (χ0v) is 21.4. The number of nitriles is 1. The van der Waals surface area contributed by atoms with Gasteiger partial charge in [-0.2, -0.15) is 5.26 Å². The van der Waals surface area contributed by atoms with E-state index in [9.17, 15) is 5.26 Å². The molecule has 0 spiro atoms. The van der Waals surface area contributed by atoms with E-state index >= 15 is 0 Å². The van der Waals surface area contributed by atoms with E-state index in [-0.39, 0.29) is 11.8 Å². The minimum absolute atomic E-state index is 0.171. The molecule has 1 aliphatic carbocycles. The summed E-state index contributed by atoms with van der Waals surface area (Å²) < 4.78 is 18.4. The van der Waals surface area contributed by atoms with Gasteiger partial charge in [0.15, 0.2) is 0 Å². The fourth-order valence-corrected chi connectivity index (χ4v) is 4.81. The van der Waals surface area contributed by atoms with Crippen molar-refractivity contribution < 1.29 is 14.2 Å². The van der Waals surface area contributed by atoms with Crippen LogP contribution in [-0.2, 0) is 4.74 Å². The van der Waals surface area contributed by atoms with E-state index in [0.717, 1.165) is 84.5 Å². The summed E-state index contributed by atoms with van der Waals surface area (Å²) in [4.78, 5) is 0. The number of rotatable bonds is 10. The van der Waals surface area contributed by atoms with Crippen molar-refractivity contribution >= 4 is 6.08 Å². The van der Waals surface area contributed by atoms with Crippen molar-refractivity contribution in [1.29, 1.82) is 5.26 Å². The van der Waals surface area contributed by atoms with Crippen LogP contribution in [0.5, 0.6) is 11.5 Å². The van der Waals surface area contributed by atoms with Gasteiger partial charge in [0.2, 0.25) is 5.88 Å². The van der Waals surface area contributed by atoms with Gasteiger partial charge in [0, 0.05) is 11.1 Å². The molecular formula is C31H36N2O3. The maximum atomic E-state index is 10.1. The number of benzene rings is 2.